The summed E-state index contributed by atoms with van der Waals surface area (Å²) >= 11 is 0. The first-order valence-corrected chi connectivity index (χ1v) is 8.95. The molecule has 0 heterocycles. The molecule has 0 saturated carbocycles. The van der Waals surface area contributed by atoms with E-state index in [1.807, 2.05) is 0 Å². The molecular weight excluding hydrogens is 311 g/mol. The second-order valence-electron chi connectivity index (χ2n) is 5.06. The molecule has 0 N–H and O–H groups in total. The molecule has 0 bridgehead atoms. The molecule has 0 spiro atoms. The zero-order chi connectivity index (χ0) is 16.0. The zero-order valence-electron chi connectivity index (χ0n) is 12.0. The average Bonchev–Trinajstić information content (AvgIpc) is 2.35. The van der Waals surface area contributed by atoms with Crippen molar-refractivity contribution in [3.63, 3.8) is 0 Å². The van der Waals surface area contributed by atoms with E-state index in [1.54, 1.807) is 0 Å². The molecule has 0 amide bonds. The van der Waals surface area contributed by atoms with Crippen molar-refractivity contribution in [1.82, 2.24) is 0 Å². The highest BCUT2D eigenvalue weighted by Gasteiger charge is 2.65. The van der Waals surface area contributed by atoms with Crippen molar-refractivity contribution < 1.29 is 24.2 Å². The lowest BCUT2D eigenvalue weighted by atomic mass is 10.1. The van der Waals surface area contributed by atoms with E-state index in [9.17, 15) is 19.4 Å². The highest BCUT2D eigenvalue weighted by Crippen LogP contribution is 3.02. The fourth-order valence-electron chi connectivity index (χ4n) is 1.87. The molecule has 1 rings (SSSR count). The number of hydrogen-bond acceptors (Lipinski definition) is 1. The van der Waals surface area contributed by atoms with Crippen LogP contribution in [0.3, 0.4) is 0 Å². The van der Waals surface area contributed by atoms with Crippen LogP contribution < -0.4 is 4.74 Å². The zero-order valence-corrected chi connectivity index (χ0v) is 12.8. The van der Waals surface area contributed by atoms with Crippen molar-refractivity contribution in [2.75, 3.05) is 6.61 Å². The first-order valence-electron chi connectivity index (χ1n) is 7.00. The van der Waals surface area contributed by atoms with Gasteiger partial charge >= 0.3 is 10.2 Å². The van der Waals surface area contributed by atoms with Crippen LogP contribution in [0.5, 0.6) is 5.75 Å². The third kappa shape index (κ3) is 7.02. The van der Waals surface area contributed by atoms with Crippen molar-refractivity contribution in [3.8, 4) is 5.75 Å². The minimum absolute atomic E-state index is 0.175. The van der Waals surface area contributed by atoms with E-state index in [2.05, 4.69) is 6.92 Å². The summed E-state index contributed by atoms with van der Waals surface area (Å²) in [7, 11) is -9.57. The molecule has 0 aliphatic carbocycles. The predicted octanol–water partition coefficient (Wildman–Crippen LogP) is 7.08. The van der Waals surface area contributed by atoms with Crippen LogP contribution in [0, 0.1) is 0 Å². The molecule has 1 aromatic carbocycles. The maximum atomic E-state index is 12.5. The van der Waals surface area contributed by atoms with Gasteiger partial charge in [0.05, 0.1) is 6.61 Å². The third-order valence-electron chi connectivity index (χ3n) is 3.04. The van der Waals surface area contributed by atoms with Crippen LogP contribution in [0.2, 0.25) is 0 Å². The molecule has 7 heteroatoms. The Morgan fingerprint density at radius 1 is 0.810 bits per heavy atom. The standard InChI is InChI=1S/C14H21F5OS/c1-2-3-4-5-6-7-12-20-13-8-10-14(11-9-13)21(15,16,17,18)19/h8-11H,2-7,12H2,1H3. The van der Waals surface area contributed by atoms with E-state index in [4.69, 9.17) is 4.74 Å². The molecule has 124 valence electrons. The largest absolute Gasteiger partial charge is 0.494 e. The lowest BCUT2D eigenvalue weighted by molar-refractivity contribution is 0.304. The molecular formula is C14H21F5OS. The second kappa shape index (κ2) is 6.02. The van der Waals surface area contributed by atoms with Crippen molar-refractivity contribution in [2.45, 2.75) is 50.3 Å². The minimum atomic E-state index is -9.57. The Labute approximate surface area is 122 Å². The Balaban J connectivity index is 2.40. The van der Waals surface area contributed by atoms with Gasteiger partial charge in [0.2, 0.25) is 0 Å². The molecule has 0 aromatic heterocycles. The van der Waals surface area contributed by atoms with Gasteiger partial charge in [-0.25, -0.2) is 0 Å². The van der Waals surface area contributed by atoms with Crippen LogP contribution in [0.4, 0.5) is 19.4 Å². The molecule has 0 aliphatic rings. The van der Waals surface area contributed by atoms with Crippen LogP contribution in [-0.4, -0.2) is 6.61 Å². The number of benzene rings is 1. The van der Waals surface area contributed by atoms with Crippen LogP contribution in [-0.2, 0) is 0 Å². The number of rotatable bonds is 9. The molecule has 1 aromatic rings. The van der Waals surface area contributed by atoms with Gasteiger partial charge in [-0.3, -0.25) is 0 Å². The number of halogens is 5. The molecule has 21 heavy (non-hydrogen) atoms. The number of ether oxygens (including phenoxy) is 1. The monoisotopic (exact) mass is 332 g/mol. The summed E-state index contributed by atoms with van der Waals surface area (Å²) in [5, 5.41) is 0. The predicted molar refractivity (Wildman–Crippen MR) is 76.7 cm³/mol. The van der Waals surface area contributed by atoms with Crippen LogP contribution >= 0.6 is 10.2 Å². The summed E-state index contributed by atoms with van der Waals surface area (Å²) in [4.78, 5) is -1.89. The number of unbranched alkanes of at least 4 members (excludes halogenated alkanes) is 5. The molecule has 0 aliphatic heterocycles. The fraction of sp³-hybridized carbons (Fsp3) is 0.571. The van der Waals surface area contributed by atoms with Gasteiger partial charge in [0.1, 0.15) is 10.6 Å². The summed E-state index contributed by atoms with van der Waals surface area (Å²) < 4.78 is 67.7. The van der Waals surface area contributed by atoms with Crippen molar-refractivity contribution in [2.24, 2.45) is 0 Å². The van der Waals surface area contributed by atoms with E-state index in [0.29, 0.717) is 18.7 Å². The van der Waals surface area contributed by atoms with E-state index >= 15 is 0 Å². The highest BCUT2D eigenvalue weighted by atomic mass is 32.5. The Kier molecular flexibility index (Phi) is 5.18. The Morgan fingerprint density at radius 2 is 1.33 bits per heavy atom. The van der Waals surface area contributed by atoms with Gasteiger partial charge in [-0.2, -0.15) is 0 Å². The first kappa shape index (κ1) is 18.1. The summed E-state index contributed by atoms with van der Waals surface area (Å²) in [5.74, 6) is 0.175. The van der Waals surface area contributed by atoms with E-state index < -0.39 is 15.1 Å². The summed E-state index contributed by atoms with van der Waals surface area (Å²) in [5.41, 5.74) is 0. The minimum Gasteiger partial charge on any atom is -0.494 e. The summed E-state index contributed by atoms with van der Waals surface area (Å²) in [6.07, 6.45) is 6.40. The Morgan fingerprint density at radius 3 is 1.86 bits per heavy atom. The lowest BCUT2D eigenvalue weighted by Gasteiger charge is -2.40. The fourth-order valence-corrected chi connectivity index (χ4v) is 2.52. The van der Waals surface area contributed by atoms with Gasteiger partial charge in [-0.05, 0) is 30.7 Å². The van der Waals surface area contributed by atoms with E-state index in [1.165, 1.54) is 6.42 Å². The Hall–Kier alpha value is -0.980. The molecule has 1 nitrogen and oxygen atoms in total. The van der Waals surface area contributed by atoms with Gasteiger partial charge in [0.15, 0.2) is 0 Å². The maximum absolute atomic E-state index is 12.5. The summed E-state index contributed by atoms with van der Waals surface area (Å²) in [6, 6.07) is 2.62. The normalized spacial score (nSPS) is 15.3. The molecule has 0 saturated heterocycles. The smallest absolute Gasteiger partial charge is 0.310 e. The average molecular weight is 332 g/mol. The number of hydrogen-bond donors (Lipinski definition) is 0. The summed E-state index contributed by atoms with van der Waals surface area (Å²) in [6.45, 7) is 2.50. The van der Waals surface area contributed by atoms with Gasteiger partial charge in [0, 0.05) is 0 Å². The van der Waals surface area contributed by atoms with Crippen molar-refractivity contribution >= 4 is 10.2 Å². The lowest BCUT2D eigenvalue weighted by Crippen LogP contribution is -2.06. The van der Waals surface area contributed by atoms with Gasteiger partial charge in [0.25, 0.3) is 0 Å². The van der Waals surface area contributed by atoms with Crippen LogP contribution in [0.1, 0.15) is 45.4 Å². The van der Waals surface area contributed by atoms with Gasteiger partial charge in [-0.15, -0.1) is 0 Å². The SMILES string of the molecule is CCCCCCCCOc1ccc(S(F)(F)(F)(F)F)cc1. The molecule has 0 atom stereocenters. The molecule has 0 fully saturated rings. The third-order valence-corrected chi connectivity index (χ3v) is 4.20. The molecule has 0 radical (unpaired) electrons. The first-order chi connectivity index (χ1) is 9.53. The molecule has 0 unspecified atom stereocenters. The van der Waals surface area contributed by atoms with Crippen LogP contribution in [0.15, 0.2) is 29.2 Å². The van der Waals surface area contributed by atoms with E-state index in [-0.39, 0.29) is 5.75 Å². The van der Waals surface area contributed by atoms with Crippen molar-refractivity contribution in [3.05, 3.63) is 24.3 Å². The topological polar surface area (TPSA) is 9.23 Å². The highest BCUT2D eigenvalue weighted by molar-refractivity contribution is 8.45. The Bertz CT molecular complexity index is 440. The quantitative estimate of drug-likeness (QED) is 0.347. The second-order valence-corrected chi connectivity index (χ2v) is 7.47. The van der Waals surface area contributed by atoms with E-state index in [0.717, 1.165) is 44.2 Å². The van der Waals surface area contributed by atoms with Gasteiger partial charge in [-0.1, -0.05) is 58.5 Å². The van der Waals surface area contributed by atoms with Crippen LogP contribution in [0.25, 0.3) is 0 Å². The van der Waals surface area contributed by atoms with Crippen molar-refractivity contribution in [1.29, 1.82) is 0 Å². The van der Waals surface area contributed by atoms with Gasteiger partial charge < -0.3 is 4.74 Å². The maximum Gasteiger partial charge on any atom is 0.310 e.